The van der Waals surface area contributed by atoms with Crippen molar-refractivity contribution < 1.29 is 14.3 Å². The zero-order valence-corrected chi connectivity index (χ0v) is 12.7. The van der Waals surface area contributed by atoms with E-state index in [-0.39, 0.29) is 24.2 Å². The molecule has 0 aromatic carbocycles. The SMILES string of the molecule is O=C(COCC1CCCCO1)N1CCc2[nH][nH]c(=O)c2CC1. The first-order valence-electron chi connectivity index (χ1n) is 7.99. The van der Waals surface area contributed by atoms with E-state index in [2.05, 4.69) is 10.2 Å². The number of carbonyl (C=O) groups is 1. The second-order valence-corrected chi connectivity index (χ2v) is 5.92. The Kier molecular flexibility index (Phi) is 4.94. The topological polar surface area (TPSA) is 87.4 Å². The Morgan fingerprint density at radius 1 is 1.27 bits per heavy atom. The standard InChI is InChI=1S/C15H23N3O4/c19-14(10-21-9-11-3-1-2-8-22-11)18-6-4-12-13(5-7-18)16-17-15(12)20/h11H,1-10H2,(H2,16,17,20). The molecule has 1 unspecified atom stereocenters. The Bertz CT molecular complexity index is 559. The van der Waals surface area contributed by atoms with Crippen molar-refractivity contribution in [2.75, 3.05) is 32.9 Å². The molecule has 22 heavy (non-hydrogen) atoms. The molecule has 0 saturated carbocycles. The number of hydrogen-bond donors (Lipinski definition) is 2. The van der Waals surface area contributed by atoms with E-state index >= 15 is 0 Å². The minimum absolute atomic E-state index is 0.0163. The second-order valence-electron chi connectivity index (χ2n) is 5.92. The van der Waals surface area contributed by atoms with E-state index in [1.165, 1.54) is 6.42 Å². The smallest absolute Gasteiger partial charge is 0.267 e. The van der Waals surface area contributed by atoms with Crippen molar-refractivity contribution in [3.63, 3.8) is 0 Å². The maximum atomic E-state index is 12.2. The van der Waals surface area contributed by atoms with E-state index in [9.17, 15) is 9.59 Å². The lowest BCUT2D eigenvalue weighted by atomic mass is 10.1. The number of nitrogens with zero attached hydrogens (tertiary/aromatic N) is 1. The predicted molar refractivity (Wildman–Crippen MR) is 79.8 cm³/mol. The average Bonchev–Trinajstić information content (AvgIpc) is 2.76. The molecule has 7 heteroatoms. The van der Waals surface area contributed by atoms with E-state index in [4.69, 9.17) is 9.47 Å². The molecule has 1 amide bonds. The van der Waals surface area contributed by atoms with Gasteiger partial charge in [-0.25, -0.2) is 0 Å². The highest BCUT2D eigenvalue weighted by atomic mass is 16.5. The van der Waals surface area contributed by atoms with E-state index < -0.39 is 0 Å². The van der Waals surface area contributed by atoms with Crippen molar-refractivity contribution in [2.45, 2.75) is 38.2 Å². The molecule has 3 heterocycles. The number of aromatic nitrogens is 2. The summed E-state index contributed by atoms with van der Waals surface area (Å²) in [6, 6.07) is 0. The average molecular weight is 309 g/mol. The number of H-pyrrole nitrogens is 2. The van der Waals surface area contributed by atoms with Gasteiger partial charge in [-0.3, -0.25) is 14.7 Å². The lowest BCUT2D eigenvalue weighted by Gasteiger charge is -2.24. The normalized spacial score (nSPS) is 22.2. The van der Waals surface area contributed by atoms with Crippen molar-refractivity contribution in [1.82, 2.24) is 15.1 Å². The fraction of sp³-hybridized carbons (Fsp3) is 0.733. The lowest BCUT2D eigenvalue weighted by molar-refractivity contribution is -0.138. The first kappa shape index (κ1) is 15.3. The number of nitrogens with one attached hydrogen (secondary N) is 2. The molecular formula is C15H23N3O4. The first-order valence-corrected chi connectivity index (χ1v) is 7.99. The summed E-state index contributed by atoms with van der Waals surface area (Å²) < 4.78 is 11.1. The number of ether oxygens (including phenoxy) is 2. The third-order valence-corrected chi connectivity index (χ3v) is 4.38. The fourth-order valence-corrected chi connectivity index (χ4v) is 3.06. The third-order valence-electron chi connectivity index (χ3n) is 4.38. The Morgan fingerprint density at radius 3 is 2.95 bits per heavy atom. The highest BCUT2D eigenvalue weighted by molar-refractivity contribution is 5.77. The van der Waals surface area contributed by atoms with Crippen LogP contribution in [0.15, 0.2) is 4.79 Å². The van der Waals surface area contributed by atoms with Gasteiger partial charge in [-0.05, 0) is 25.7 Å². The maximum Gasteiger partial charge on any atom is 0.267 e. The van der Waals surface area contributed by atoms with Gasteiger partial charge in [0.2, 0.25) is 5.91 Å². The highest BCUT2D eigenvalue weighted by Crippen LogP contribution is 2.13. The van der Waals surface area contributed by atoms with Crippen LogP contribution in [0.1, 0.15) is 30.5 Å². The van der Waals surface area contributed by atoms with Crippen LogP contribution in [0.2, 0.25) is 0 Å². The number of rotatable bonds is 4. The fourth-order valence-electron chi connectivity index (χ4n) is 3.06. The number of hydrogen-bond acceptors (Lipinski definition) is 4. The van der Waals surface area contributed by atoms with Crippen molar-refractivity contribution in [1.29, 1.82) is 0 Å². The zero-order valence-electron chi connectivity index (χ0n) is 12.7. The Balaban J connectivity index is 1.44. The number of amides is 1. The summed E-state index contributed by atoms with van der Waals surface area (Å²) in [5, 5.41) is 5.49. The van der Waals surface area contributed by atoms with Crippen molar-refractivity contribution in [2.24, 2.45) is 0 Å². The van der Waals surface area contributed by atoms with E-state index in [0.29, 0.717) is 32.5 Å². The molecule has 1 aromatic rings. The molecule has 0 radical (unpaired) electrons. The third kappa shape index (κ3) is 3.59. The number of aromatic amines is 2. The second kappa shape index (κ2) is 7.11. The molecule has 0 bridgehead atoms. The molecule has 7 nitrogen and oxygen atoms in total. The van der Waals surface area contributed by atoms with Gasteiger partial charge in [0.15, 0.2) is 0 Å². The van der Waals surface area contributed by atoms with Crippen molar-refractivity contribution in [3.05, 3.63) is 21.6 Å². The van der Waals surface area contributed by atoms with Crippen LogP contribution in [0, 0.1) is 0 Å². The summed E-state index contributed by atoms with van der Waals surface area (Å²) in [6.07, 6.45) is 4.68. The molecule has 1 aromatic heterocycles. The zero-order chi connectivity index (χ0) is 15.4. The molecule has 122 valence electrons. The Labute approximate surface area is 129 Å². The molecule has 2 N–H and O–H groups in total. The summed E-state index contributed by atoms with van der Waals surface area (Å²) in [5.41, 5.74) is 1.61. The first-order chi connectivity index (χ1) is 10.7. The molecule has 1 atom stereocenters. The monoisotopic (exact) mass is 309 g/mol. The van der Waals surface area contributed by atoms with Crippen LogP contribution in [0.3, 0.4) is 0 Å². The predicted octanol–water partition coefficient (Wildman–Crippen LogP) is 0.216. The molecule has 0 aliphatic carbocycles. The van der Waals surface area contributed by atoms with Crippen LogP contribution in [-0.2, 0) is 27.1 Å². The molecule has 1 saturated heterocycles. The van der Waals surface area contributed by atoms with Crippen LogP contribution in [0.25, 0.3) is 0 Å². The minimum atomic E-state index is -0.0741. The molecule has 1 fully saturated rings. The lowest BCUT2D eigenvalue weighted by Crippen LogP contribution is -2.37. The summed E-state index contributed by atoms with van der Waals surface area (Å²) >= 11 is 0. The largest absolute Gasteiger partial charge is 0.376 e. The molecule has 2 aliphatic heterocycles. The number of carbonyl (C=O) groups excluding carboxylic acids is 1. The van der Waals surface area contributed by atoms with Gasteiger partial charge in [0.25, 0.3) is 5.56 Å². The van der Waals surface area contributed by atoms with Crippen LogP contribution < -0.4 is 5.56 Å². The quantitative estimate of drug-likeness (QED) is 0.832. The molecular weight excluding hydrogens is 286 g/mol. The van der Waals surface area contributed by atoms with E-state index in [1.807, 2.05) is 0 Å². The van der Waals surface area contributed by atoms with Crippen molar-refractivity contribution >= 4 is 5.91 Å². The Morgan fingerprint density at radius 2 is 2.14 bits per heavy atom. The highest BCUT2D eigenvalue weighted by Gasteiger charge is 2.22. The van der Waals surface area contributed by atoms with E-state index in [0.717, 1.165) is 30.7 Å². The summed E-state index contributed by atoms with van der Waals surface area (Å²) in [7, 11) is 0. The summed E-state index contributed by atoms with van der Waals surface area (Å²) in [6.45, 7) is 2.54. The van der Waals surface area contributed by atoms with Gasteiger partial charge in [-0.2, -0.15) is 0 Å². The van der Waals surface area contributed by atoms with Gasteiger partial charge >= 0.3 is 0 Å². The van der Waals surface area contributed by atoms with Gasteiger partial charge in [-0.15, -0.1) is 0 Å². The Hall–Kier alpha value is -1.60. The van der Waals surface area contributed by atoms with Crippen LogP contribution >= 0.6 is 0 Å². The van der Waals surface area contributed by atoms with Crippen LogP contribution in [0.4, 0.5) is 0 Å². The summed E-state index contributed by atoms with van der Waals surface area (Å²) in [4.78, 5) is 25.6. The van der Waals surface area contributed by atoms with Crippen LogP contribution in [-0.4, -0.2) is 60.0 Å². The minimum Gasteiger partial charge on any atom is -0.376 e. The maximum absolute atomic E-state index is 12.2. The van der Waals surface area contributed by atoms with Gasteiger partial charge in [0.05, 0.1) is 12.7 Å². The molecule has 3 rings (SSSR count). The number of fused-ring (bicyclic) bond motifs is 1. The van der Waals surface area contributed by atoms with Gasteiger partial charge in [0, 0.05) is 37.4 Å². The van der Waals surface area contributed by atoms with Crippen LogP contribution in [0.5, 0.6) is 0 Å². The van der Waals surface area contributed by atoms with Gasteiger partial charge in [0.1, 0.15) is 6.61 Å². The van der Waals surface area contributed by atoms with Crippen molar-refractivity contribution in [3.8, 4) is 0 Å². The van der Waals surface area contributed by atoms with Gasteiger partial charge in [-0.1, -0.05) is 0 Å². The van der Waals surface area contributed by atoms with E-state index in [1.54, 1.807) is 4.90 Å². The van der Waals surface area contributed by atoms with Gasteiger partial charge < -0.3 is 19.5 Å². The summed E-state index contributed by atoms with van der Waals surface area (Å²) in [5.74, 6) is -0.0163. The molecule has 0 spiro atoms. The molecule has 2 aliphatic rings.